The molecule has 0 saturated carbocycles. The van der Waals surface area contributed by atoms with Crippen molar-refractivity contribution in [3.8, 4) is 23.0 Å². The third kappa shape index (κ3) is 6.12. The summed E-state index contributed by atoms with van der Waals surface area (Å²) in [6, 6.07) is 5.69. The van der Waals surface area contributed by atoms with E-state index in [1.165, 1.54) is 17.3 Å². The van der Waals surface area contributed by atoms with Gasteiger partial charge in [-0.15, -0.1) is 0 Å². The van der Waals surface area contributed by atoms with Crippen LogP contribution in [0.15, 0.2) is 29.8 Å². The molecular weight excluding hydrogens is 424 g/mol. The number of unbranched alkanes of at least 4 members (excludes halogenated alkanes) is 2. The maximum Gasteiger partial charge on any atom is 0.189 e. The zero-order chi connectivity index (χ0) is 23.7. The molecule has 0 bridgehead atoms. The van der Waals surface area contributed by atoms with Crippen LogP contribution >= 0.6 is 11.8 Å². The lowest BCUT2D eigenvalue weighted by Gasteiger charge is -2.23. The van der Waals surface area contributed by atoms with E-state index in [1.54, 1.807) is 28.4 Å². The minimum atomic E-state index is -0.108. The van der Waals surface area contributed by atoms with E-state index in [1.807, 2.05) is 18.2 Å². The van der Waals surface area contributed by atoms with E-state index in [4.69, 9.17) is 18.9 Å². The predicted molar refractivity (Wildman–Crippen MR) is 134 cm³/mol. The highest BCUT2D eigenvalue weighted by atomic mass is 32.2. The lowest BCUT2D eigenvalue weighted by molar-refractivity contribution is -0.111. The van der Waals surface area contributed by atoms with Crippen LogP contribution in [-0.4, -0.2) is 33.6 Å². The van der Waals surface area contributed by atoms with Crippen molar-refractivity contribution in [3.63, 3.8) is 0 Å². The normalized spacial score (nSPS) is 11.7. The molecule has 2 rings (SSSR count). The minimum absolute atomic E-state index is 0.108. The number of carbonyl (C=O) groups is 1. The van der Waals surface area contributed by atoms with Gasteiger partial charge < -0.3 is 18.9 Å². The van der Waals surface area contributed by atoms with E-state index in [0.717, 1.165) is 35.6 Å². The zero-order valence-electron chi connectivity index (χ0n) is 20.4. The molecule has 176 valence electrons. The SMILES string of the molecule is CCCCCC(=O)SC(CC=C(C)C)c1cc(OC)c2c(OC)ccc(OC)c2c1OC. The fourth-order valence-corrected chi connectivity index (χ4v) is 4.81. The average molecular weight is 461 g/mol. The van der Waals surface area contributed by atoms with Gasteiger partial charge in [-0.3, -0.25) is 4.79 Å². The van der Waals surface area contributed by atoms with Crippen molar-refractivity contribution in [2.45, 2.75) is 58.1 Å². The second-order valence-corrected chi connectivity index (χ2v) is 9.13. The summed E-state index contributed by atoms with van der Waals surface area (Å²) in [6.45, 7) is 6.27. The second-order valence-electron chi connectivity index (χ2n) is 7.87. The Bertz CT molecular complexity index is 947. The third-order valence-electron chi connectivity index (χ3n) is 5.36. The fraction of sp³-hybridized carbons (Fsp3) is 0.500. The topological polar surface area (TPSA) is 54.0 Å². The van der Waals surface area contributed by atoms with Crippen molar-refractivity contribution < 1.29 is 23.7 Å². The molecule has 32 heavy (non-hydrogen) atoms. The van der Waals surface area contributed by atoms with Crippen LogP contribution in [0, 0.1) is 0 Å². The first-order chi connectivity index (χ1) is 15.4. The Labute approximate surface area is 196 Å². The van der Waals surface area contributed by atoms with Crippen molar-refractivity contribution in [2.24, 2.45) is 0 Å². The molecule has 0 radical (unpaired) electrons. The largest absolute Gasteiger partial charge is 0.496 e. The molecule has 0 fully saturated rings. The molecule has 0 aliphatic rings. The summed E-state index contributed by atoms with van der Waals surface area (Å²) >= 11 is 1.38. The molecule has 0 saturated heterocycles. The lowest BCUT2D eigenvalue weighted by Crippen LogP contribution is -2.05. The number of benzene rings is 2. The van der Waals surface area contributed by atoms with Gasteiger partial charge in [-0.25, -0.2) is 0 Å². The standard InChI is InChI=1S/C26H36O5S/c1-8-9-10-11-23(27)32-22(15-12-17(2)3)18-16-21(30-6)24-19(28-4)13-14-20(29-5)25(24)26(18)31-7/h12-14,16,22H,8-11,15H2,1-7H3. The molecule has 0 aliphatic heterocycles. The Morgan fingerprint density at radius 2 is 1.56 bits per heavy atom. The molecule has 1 unspecified atom stereocenters. The highest BCUT2D eigenvalue weighted by Gasteiger charge is 2.26. The molecular formula is C26H36O5S. The number of rotatable bonds is 12. The monoisotopic (exact) mass is 460 g/mol. The van der Waals surface area contributed by atoms with Crippen LogP contribution < -0.4 is 18.9 Å². The molecule has 0 spiro atoms. The lowest BCUT2D eigenvalue weighted by atomic mass is 9.98. The molecule has 5 nitrogen and oxygen atoms in total. The van der Waals surface area contributed by atoms with Crippen molar-refractivity contribution in [1.29, 1.82) is 0 Å². The van der Waals surface area contributed by atoms with Crippen molar-refractivity contribution >= 4 is 27.6 Å². The molecule has 0 amide bonds. The second kappa shape index (κ2) is 12.6. The number of fused-ring (bicyclic) bond motifs is 1. The predicted octanol–water partition coefficient (Wildman–Crippen LogP) is 7.11. The summed E-state index contributed by atoms with van der Waals surface area (Å²) < 4.78 is 23.0. The smallest absolute Gasteiger partial charge is 0.189 e. The van der Waals surface area contributed by atoms with Crippen LogP contribution in [0.5, 0.6) is 23.0 Å². The molecule has 0 heterocycles. The first-order valence-electron chi connectivity index (χ1n) is 11.0. The Morgan fingerprint density at radius 3 is 2.09 bits per heavy atom. The van der Waals surface area contributed by atoms with Gasteiger partial charge in [0.2, 0.25) is 0 Å². The number of allylic oxidation sites excluding steroid dienone is 2. The van der Waals surface area contributed by atoms with Crippen LogP contribution in [0.4, 0.5) is 0 Å². The van der Waals surface area contributed by atoms with Gasteiger partial charge >= 0.3 is 0 Å². The first-order valence-corrected chi connectivity index (χ1v) is 11.9. The molecule has 0 N–H and O–H groups in total. The third-order valence-corrected chi connectivity index (χ3v) is 6.56. The Morgan fingerprint density at radius 1 is 0.938 bits per heavy atom. The number of carbonyl (C=O) groups excluding carboxylic acids is 1. The summed E-state index contributed by atoms with van der Waals surface area (Å²) in [5.74, 6) is 2.68. The number of thioether (sulfide) groups is 1. The van der Waals surface area contributed by atoms with Gasteiger partial charge in [-0.1, -0.05) is 43.2 Å². The van der Waals surface area contributed by atoms with E-state index in [0.29, 0.717) is 35.8 Å². The van der Waals surface area contributed by atoms with Crippen LogP contribution in [0.3, 0.4) is 0 Å². The van der Waals surface area contributed by atoms with Gasteiger partial charge in [0.05, 0.1) is 39.2 Å². The number of ether oxygens (including phenoxy) is 4. The number of hydrogen-bond acceptors (Lipinski definition) is 6. The first kappa shape index (κ1) is 25.9. The Balaban J connectivity index is 2.69. The van der Waals surface area contributed by atoms with Crippen molar-refractivity contribution in [1.82, 2.24) is 0 Å². The van der Waals surface area contributed by atoms with E-state index in [-0.39, 0.29) is 10.4 Å². The Hall–Kier alpha value is -2.34. The maximum absolute atomic E-state index is 12.8. The molecule has 6 heteroatoms. The van der Waals surface area contributed by atoms with E-state index in [9.17, 15) is 4.79 Å². The van der Waals surface area contributed by atoms with Gasteiger partial charge in [-0.05, 0) is 44.9 Å². The summed E-state index contributed by atoms with van der Waals surface area (Å²) in [7, 11) is 6.55. The van der Waals surface area contributed by atoms with Crippen molar-refractivity contribution in [2.75, 3.05) is 28.4 Å². The summed E-state index contributed by atoms with van der Waals surface area (Å²) in [5, 5.41) is 1.66. The van der Waals surface area contributed by atoms with E-state index >= 15 is 0 Å². The summed E-state index contributed by atoms with van der Waals surface area (Å²) in [5.41, 5.74) is 2.12. The van der Waals surface area contributed by atoms with Gasteiger partial charge in [0, 0.05) is 17.2 Å². The average Bonchev–Trinajstić information content (AvgIpc) is 2.79. The van der Waals surface area contributed by atoms with Gasteiger partial charge in [0.25, 0.3) is 0 Å². The van der Waals surface area contributed by atoms with Crippen LogP contribution in [0.25, 0.3) is 10.8 Å². The molecule has 1 atom stereocenters. The quantitative estimate of drug-likeness (QED) is 0.248. The van der Waals surface area contributed by atoms with Crippen LogP contribution in [0.2, 0.25) is 0 Å². The minimum Gasteiger partial charge on any atom is -0.496 e. The highest BCUT2D eigenvalue weighted by Crippen LogP contribution is 2.50. The molecule has 2 aromatic carbocycles. The molecule has 2 aromatic rings. The highest BCUT2D eigenvalue weighted by molar-refractivity contribution is 8.13. The number of hydrogen-bond donors (Lipinski definition) is 0. The number of methoxy groups -OCH3 is 4. The maximum atomic E-state index is 12.8. The summed E-state index contributed by atoms with van der Waals surface area (Å²) in [4.78, 5) is 12.8. The fourth-order valence-electron chi connectivity index (χ4n) is 3.74. The van der Waals surface area contributed by atoms with Gasteiger partial charge in [0.1, 0.15) is 23.0 Å². The Kier molecular flexibility index (Phi) is 10.2. The van der Waals surface area contributed by atoms with Crippen LogP contribution in [0.1, 0.15) is 63.7 Å². The van der Waals surface area contributed by atoms with E-state index in [2.05, 4.69) is 26.8 Å². The van der Waals surface area contributed by atoms with E-state index < -0.39 is 0 Å². The van der Waals surface area contributed by atoms with Crippen LogP contribution in [-0.2, 0) is 4.79 Å². The zero-order valence-corrected chi connectivity index (χ0v) is 21.2. The van der Waals surface area contributed by atoms with Crippen molar-refractivity contribution in [3.05, 3.63) is 35.4 Å². The summed E-state index contributed by atoms with van der Waals surface area (Å²) in [6.07, 6.45) is 6.53. The molecule has 0 aromatic heterocycles. The van der Waals surface area contributed by atoms with Gasteiger partial charge in [0.15, 0.2) is 5.12 Å². The van der Waals surface area contributed by atoms with Gasteiger partial charge in [-0.2, -0.15) is 0 Å². The molecule has 0 aliphatic carbocycles.